The predicted octanol–water partition coefficient (Wildman–Crippen LogP) is 3.57. The van der Waals surface area contributed by atoms with Crippen LogP contribution in [0.1, 0.15) is 11.3 Å². The van der Waals surface area contributed by atoms with Crippen molar-refractivity contribution in [2.45, 2.75) is 17.1 Å². The molecular formula is C18H16N4O3S3. The Balaban J connectivity index is 1.65. The van der Waals surface area contributed by atoms with E-state index in [0.29, 0.717) is 17.6 Å². The van der Waals surface area contributed by atoms with E-state index in [1.807, 2.05) is 12.1 Å². The summed E-state index contributed by atoms with van der Waals surface area (Å²) < 4.78 is 28.0. The molecule has 0 aliphatic carbocycles. The summed E-state index contributed by atoms with van der Waals surface area (Å²) in [7, 11) is -3.64. The van der Waals surface area contributed by atoms with E-state index in [0.717, 1.165) is 32.3 Å². The van der Waals surface area contributed by atoms with E-state index < -0.39 is 10.0 Å². The number of aromatic amines is 1. The maximum atomic E-state index is 12.6. The lowest BCUT2D eigenvalue weighted by Gasteiger charge is -2.07. The van der Waals surface area contributed by atoms with E-state index in [-0.39, 0.29) is 16.5 Å². The number of rotatable bonds is 7. The fraction of sp³-hybridized carbons (Fsp3) is 0.111. The van der Waals surface area contributed by atoms with Gasteiger partial charge in [0.05, 0.1) is 16.9 Å². The first-order valence-electron chi connectivity index (χ1n) is 8.34. The summed E-state index contributed by atoms with van der Waals surface area (Å²) in [6, 6.07) is 10.6. The molecule has 4 N–H and O–H groups in total. The Labute approximate surface area is 169 Å². The number of sulfonamides is 1. The molecule has 7 nitrogen and oxygen atoms in total. The topological polar surface area (TPSA) is 118 Å². The number of carbonyl (C=O) groups excluding carboxylic acids is 1. The zero-order valence-electron chi connectivity index (χ0n) is 14.5. The minimum Gasteiger partial charge on any atom is -0.370 e. The molecule has 3 heterocycles. The Hall–Kier alpha value is -2.69. The van der Waals surface area contributed by atoms with E-state index in [4.69, 9.17) is 5.73 Å². The zero-order valence-corrected chi connectivity index (χ0v) is 17.0. The number of nitrogens with two attached hydrogens (primary N) is 1. The van der Waals surface area contributed by atoms with E-state index in [1.165, 1.54) is 11.3 Å². The van der Waals surface area contributed by atoms with Crippen molar-refractivity contribution in [3.63, 3.8) is 0 Å². The quantitative estimate of drug-likeness (QED) is 0.414. The number of fused-ring (bicyclic) bond motifs is 1. The van der Waals surface area contributed by atoms with E-state index in [2.05, 4.69) is 14.7 Å². The molecule has 0 atom stereocenters. The fourth-order valence-electron chi connectivity index (χ4n) is 2.76. The number of amides is 1. The summed E-state index contributed by atoms with van der Waals surface area (Å²) in [5.74, 6) is -0.344. The van der Waals surface area contributed by atoms with Gasteiger partial charge in [-0.1, -0.05) is 18.2 Å². The van der Waals surface area contributed by atoms with Crippen LogP contribution in [0.4, 0.5) is 5.69 Å². The largest absolute Gasteiger partial charge is 0.370 e. The van der Waals surface area contributed by atoms with Gasteiger partial charge in [-0.3, -0.25) is 9.52 Å². The number of thiazole rings is 1. The normalized spacial score (nSPS) is 11.7. The van der Waals surface area contributed by atoms with Crippen LogP contribution in [0.15, 0.2) is 52.2 Å². The minimum absolute atomic E-state index is 0.260. The summed E-state index contributed by atoms with van der Waals surface area (Å²) in [6.07, 6.45) is 2.57. The van der Waals surface area contributed by atoms with Crippen molar-refractivity contribution in [2.75, 3.05) is 4.72 Å². The maximum absolute atomic E-state index is 12.6. The Morgan fingerprint density at radius 3 is 2.86 bits per heavy atom. The van der Waals surface area contributed by atoms with Crippen molar-refractivity contribution >= 4 is 55.2 Å². The second-order valence-electron chi connectivity index (χ2n) is 6.09. The molecule has 0 aliphatic rings. The van der Waals surface area contributed by atoms with Crippen molar-refractivity contribution in [1.82, 2.24) is 9.97 Å². The molecule has 0 radical (unpaired) electrons. The highest BCUT2D eigenvalue weighted by molar-refractivity contribution is 7.94. The van der Waals surface area contributed by atoms with Crippen molar-refractivity contribution < 1.29 is 13.2 Å². The zero-order chi connectivity index (χ0) is 19.7. The molecule has 0 fully saturated rings. The van der Waals surface area contributed by atoms with Crippen LogP contribution >= 0.6 is 22.7 Å². The molecule has 1 amide bonds. The van der Waals surface area contributed by atoms with Crippen LogP contribution in [0.25, 0.3) is 21.6 Å². The van der Waals surface area contributed by atoms with Gasteiger partial charge in [0.15, 0.2) is 0 Å². The number of carbonyl (C=O) groups is 1. The number of nitrogens with zero attached hydrogens (tertiary/aromatic N) is 1. The Morgan fingerprint density at radius 2 is 2.11 bits per heavy atom. The van der Waals surface area contributed by atoms with E-state index in [1.54, 1.807) is 35.8 Å². The standard InChI is InChI=1S/C18H16N4O3S3/c19-15(23)7-6-12-10-20-18(27-12)14-9-11-3-1-4-13(17(11)21-14)22-28(24,25)16-5-2-8-26-16/h1-5,8-10,21-22H,6-7H2,(H2,19,23). The molecule has 0 saturated carbocycles. The van der Waals surface area contributed by atoms with Crippen LogP contribution in [0, 0.1) is 0 Å². The third-order valence-corrected chi connectivity index (χ3v) is 7.92. The Kier molecular flexibility index (Phi) is 4.92. The molecular weight excluding hydrogens is 416 g/mol. The monoisotopic (exact) mass is 432 g/mol. The van der Waals surface area contributed by atoms with Gasteiger partial charge in [-0.2, -0.15) is 0 Å². The van der Waals surface area contributed by atoms with Crippen LogP contribution in [-0.2, 0) is 21.2 Å². The molecule has 4 aromatic rings. The van der Waals surface area contributed by atoms with Gasteiger partial charge in [-0.05, 0) is 30.0 Å². The van der Waals surface area contributed by atoms with Crippen molar-refractivity contribution in [3.8, 4) is 10.7 Å². The average Bonchev–Trinajstić information content (AvgIpc) is 3.38. The second kappa shape index (κ2) is 7.38. The molecule has 3 aromatic heterocycles. The molecule has 1 aromatic carbocycles. The van der Waals surface area contributed by atoms with Crippen LogP contribution in [0.2, 0.25) is 0 Å². The number of hydrogen-bond acceptors (Lipinski definition) is 6. The molecule has 0 saturated heterocycles. The summed E-state index contributed by atoms with van der Waals surface area (Å²) in [6.45, 7) is 0. The Morgan fingerprint density at radius 1 is 1.25 bits per heavy atom. The van der Waals surface area contributed by atoms with Crippen molar-refractivity contribution in [2.24, 2.45) is 5.73 Å². The molecule has 28 heavy (non-hydrogen) atoms. The van der Waals surface area contributed by atoms with Gasteiger partial charge in [-0.25, -0.2) is 13.4 Å². The van der Waals surface area contributed by atoms with E-state index in [9.17, 15) is 13.2 Å². The summed E-state index contributed by atoms with van der Waals surface area (Å²) >= 11 is 2.64. The lowest BCUT2D eigenvalue weighted by atomic mass is 10.2. The average molecular weight is 433 g/mol. The van der Waals surface area contributed by atoms with Crippen LogP contribution in [-0.4, -0.2) is 24.3 Å². The Bertz CT molecular complexity index is 1240. The number of primary amides is 1. The van der Waals surface area contributed by atoms with Gasteiger partial charge in [0.2, 0.25) is 5.91 Å². The van der Waals surface area contributed by atoms with Gasteiger partial charge < -0.3 is 10.7 Å². The number of hydrogen-bond donors (Lipinski definition) is 3. The number of benzene rings is 1. The number of H-pyrrole nitrogens is 1. The maximum Gasteiger partial charge on any atom is 0.271 e. The first-order chi connectivity index (χ1) is 13.4. The number of aromatic nitrogens is 2. The summed E-state index contributed by atoms with van der Waals surface area (Å²) in [5.41, 5.74) is 7.14. The molecule has 0 spiro atoms. The molecule has 0 unspecified atom stereocenters. The molecule has 0 bridgehead atoms. The number of para-hydroxylation sites is 1. The van der Waals surface area contributed by atoms with Gasteiger partial charge in [0.25, 0.3) is 10.0 Å². The van der Waals surface area contributed by atoms with Gasteiger partial charge in [0.1, 0.15) is 9.22 Å². The first-order valence-corrected chi connectivity index (χ1v) is 11.5. The molecule has 10 heteroatoms. The third kappa shape index (κ3) is 3.79. The van der Waals surface area contributed by atoms with Gasteiger partial charge >= 0.3 is 0 Å². The highest BCUT2D eigenvalue weighted by atomic mass is 32.2. The van der Waals surface area contributed by atoms with E-state index >= 15 is 0 Å². The number of anilines is 1. The lowest BCUT2D eigenvalue weighted by Crippen LogP contribution is -2.11. The smallest absolute Gasteiger partial charge is 0.271 e. The first kappa shape index (κ1) is 18.7. The third-order valence-electron chi connectivity index (χ3n) is 4.06. The highest BCUT2D eigenvalue weighted by Gasteiger charge is 2.18. The number of nitrogens with one attached hydrogen (secondary N) is 2. The molecule has 144 valence electrons. The number of aryl methyl sites for hydroxylation is 1. The number of thiophene rings is 1. The fourth-order valence-corrected chi connectivity index (χ4v) is 5.71. The molecule has 0 aliphatic heterocycles. The second-order valence-corrected chi connectivity index (χ2v) is 10.1. The lowest BCUT2D eigenvalue weighted by molar-refractivity contribution is -0.117. The SMILES string of the molecule is NC(=O)CCc1cnc(-c2cc3cccc(NS(=O)(=O)c4cccs4)c3[nH]2)s1. The van der Waals surface area contributed by atoms with Gasteiger partial charge in [0, 0.05) is 22.9 Å². The minimum atomic E-state index is -3.64. The van der Waals surface area contributed by atoms with Gasteiger partial charge in [-0.15, -0.1) is 22.7 Å². The predicted molar refractivity (Wildman–Crippen MR) is 112 cm³/mol. The molecule has 4 rings (SSSR count). The van der Waals surface area contributed by atoms with Crippen LogP contribution in [0.5, 0.6) is 0 Å². The summed E-state index contributed by atoms with van der Waals surface area (Å²) in [5, 5.41) is 3.36. The summed E-state index contributed by atoms with van der Waals surface area (Å²) in [4.78, 5) is 19.6. The van der Waals surface area contributed by atoms with Crippen LogP contribution < -0.4 is 10.5 Å². The highest BCUT2D eigenvalue weighted by Crippen LogP contribution is 2.32. The van der Waals surface area contributed by atoms with Crippen molar-refractivity contribution in [3.05, 3.63) is 52.9 Å². The van der Waals surface area contributed by atoms with Crippen molar-refractivity contribution in [1.29, 1.82) is 0 Å². The van der Waals surface area contributed by atoms with Crippen LogP contribution in [0.3, 0.4) is 0 Å².